The first-order chi connectivity index (χ1) is 8.64. The molecule has 0 bridgehead atoms. The molecule has 0 saturated heterocycles. The molecule has 0 aliphatic heterocycles. The number of amides is 1. The van der Waals surface area contributed by atoms with Gasteiger partial charge in [0.15, 0.2) is 0 Å². The van der Waals surface area contributed by atoms with Crippen LogP contribution in [0.5, 0.6) is 0 Å². The molecular formula is C10H14F3N4OS-. The van der Waals surface area contributed by atoms with Gasteiger partial charge in [-0.1, -0.05) is 13.8 Å². The van der Waals surface area contributed by atoms with Crippen LogP contribution < -0.4 is 0 Å². The monoisotopic (exact) mass is 295 g/mol. The van der Waals surface area contributed by atoms with E-state index in [0.717, 1.165) is 11.3 Å². The number of carbonyl (C=O) groups excluding carboxylic acids is 1. The summed E-state index contributed by atoms with van der Waals surface area (Å²) in [5, 5.41) is 8.02. The smallest absolute Gasteiger partial charge is 0.406 e. The summed E-state index contributed by atoms with van der Waals surface area (Å²) in [5.41, 5.74) is 6.77. The summed E-state index contributed by atoms with van der Waals surface area (Å²) in [4.78, 5) is 11.3. The molecule has 108 valence electrons. The van der Waals surface area contributed by atoms with Crippen molar-refractivity contribution in [3.8, 4) is 0 Å². The highest BCUT2D eigenvalue weighted by molar-refractivity contribution is 7.15. The number of nitrogens with one attached hydrogen (secondary N) is 1. The average molecular weight is 295 g/mol. The number of carbonyl (C=O) groups is 1. The van der Waals surface area contributed by atoms with Crippen molar-refractivity contribution in [2.24, 2.45) is 0 Å². The van der Waals surface area contributed by atoms with Crippen molar-refractivity contribution in [1.82, 2.24) is 15.1 Å². The molecule has 0 aliphatic carbocycles. The van der Waals surface area contributed by atoms with Gasteiger partial charge in [-0.3, -0.25) is 9.89 Å². The van der Waals surface area contributed by atoms with E-state index in [0.29, 0.717) is 16.3 Å². The molecular weight excluding hydrogens is 281 g/mol. The molecule has 0 atom stereocenters. The van der Waals surface area contributed by atoms with Gasteiger partial charge in [0.1, 0.15) is 6.54 Å². The van der Waals surface area contributed by atoms with E-state index in [4.69, 9.17) is 5.73 Å². The number of halogens is 3. The van der Waals surface area contributed by atoms with Gasteiger partial charge in [0.2, 0.25) is 6.41 Å². The quantitative estimate of drug-likeness (QED) is 0.758. The third-order valence-corrected chi connectivity index (χ3v) is 3.66. The second-order valence-corrected chi connectivity index (χ2v) is 5.71. The highest BCUT2D eigenvalue weighted by atomic mass is 32.1. The van der Waals surface area contributed by atoms with Crippen LogP contribution in [0.3, 0.4) is 0 Å². The lowest BCUT2D eigenvalue weighted by Crippen LogP contribution is -2.36. The molecule has 0 radical (unpaired) electrons. The summed E-state index contributed by atoms with van der Waals surface area (Å²) < 4.78 is 36.6. The van der Waals surface area contributed by atoms with Crippen LogP contribution in [0.2, 0.25) is 0 Å². The van der Waals surface area contributed by atoms with Crippen LogP contribution in [0.25, 0.3) is 5.73 Å². The molecule has 0 saturated carbocycles. The lowest BCUT2D eigenvalue weighted by molar-refractivity contribution is -0.154. The highest BCUT2D eigenvalue weighted by Gasteiger charge is 2.31. The number of hydrogen-bond acceptors (Lipinski definition) is 4. The Morgan fingerprint density at radius 3 is 2.42 bits per heavy atom. The van der Waals surface area contributed by atoms with Gasteiger partial charge in [0, 0.05) is 17.1 Å². The van der Waals surface area contributed by atoms with E-state index in [2.05, 4.69) is 10.2 Å². The minimum atomic E-state index is -4.40. The minimum absolute atomic E-state index is 0.0249. The molecule has 1 amide bonds. The Bertz CT molecular complexity index is 433. The fourth-order valence-corrected chi connectivity index (χ4v) is 2.15. The Morgan fingerprint density at radius 2 is 2.00 bits per heavy atom. The summed E-state index contributed by atoms with van der Waals surface area (Å²) in [7, 11) is 0. The minimum Gasteiger partial charge on any atom is -0.472 e. The summed E-state index contributed by atoms with van der Waals surface area (Å²) in [6.45, 7) is 2.31. The predicted molar refractivity (Wildman–Crippen MR) is 65.2 cm³/mol. The van der Waals surface area contributed by atoms with Crippen molar-refractivity contribution >= 4 is 22.9 Å². The second-order valence-electron chi connectivity index (χ2n) is 4.74. The molecule has 1 aromatic heterocycles. The zero-order valence-electron chi connectivity index (χ0n) is 10.5. The van der Waals surface area contributed by atoms with E-state index >= 15 is 0 Å². The first kappa shape index (κ1) is 15.7. The van der Waals surface area contributed by atoms with Gasteiger partial charge in [0.25, 0.3) is 0 Å². The average Bonchev–Trinajstić information content (AvgIpc) is 2.70. The van der Waals surface area contributed by atoms with E-state index in [1.54, 1.807) is 13.8 Å². The number of hydrogen-bond donors (Lipinski definition) is 0. The fraction of sp³-hybridized carbons (Fsp3) is 0.700. The molecule has 1 heterocycles. The van der Waals surface area contributed by atoms with E-state index in [1.165, 1.54) is 0 Å². The van der Waals surface area contributed by atoms with Gasteiger partial charge in [-0.15, -0.1) is 11.3 Å². The lowest BCUT2D eigenvalue weighted by atomic mass is 9.90. The SMILES string of the molecule is CC(C)(CCN(C=O)CC(F)(F)F)c1nnc([NH-])s1. The van der Waals surface area contributed by atoms with E-state index < -0.39 is 18.1 Å². The molecule has 0 aromatic carbocycles. The fourth-order valence-electron chi connectivity index (χ4n) is 1.43. The Kier molecular flexibility index (Phi) is 4.72. The molecule has 1 aromatic rings. The van der Waals surface area contributed by atoms with Gasteiger partial charge in [-0.2, -0.15) is 13.2 Å². The van der Waals surface area contributed by atoms with Crippen LogP contribution in [0, 0.1) is 0 Å². The molecule has 1 N–H and O–H groups in total. The first-order valence-electron chi connectivity index (χ1n) is 5.46. The van der Waals surface area contributed by atoms with Crippen LogP contribution in [0.4, 0.5) is 18.3 Å². The predicted octanol–water partition coefficient (Wildman–Crippen LogP) is 2.91. The van der Waals surface area contributed by atoms with Gasteiger partial charge in [-0.05, 0) is 6.42 Å². The molecule has 1 rings (SSSR count). The maximum atomic E-state index is 12.2. The summed E-state index contributed by atoms with van der Waals surface area (Å²) >= 11 is 1.08. The van der Waals surface area contributed by atoms with Crippen molar-refractivity contribution in [1.29, 1.82) is 0 Å². The first-order valence-corrected chi connectivity index (χ1v) is 6.27. The van der Waals surface area contributed by atoms with Gasteiger partial charge in [-0.25, -0.2) is 0 Å². The number of alkyl halides is 3. The molecule has 0 unspecified atom stereocenters. The van der Waals surface area contributed by atoms with Gasteiger partial charge < -0.3 is 15.7 Å². The summed E-state index contributed by atoms with van der Waals surface area (Å²) in [6, 6.07) is 0. The van der Waals surface area contributed by atoms with Crippen molar-refractivity contribution in [2.45, 2.75) is 31.9 Å². The zero-order chi connectivity index (χ0) is 14.7. The zero-order valence-corrected chi connectivity index (χ0v) is 11.3. The number of rotatable bonds is 6. The number of aromatic nitrogens is 2. The van der Waals surface area contributed by atoms with Crippen LogP contribution in [-0.2, 0) is 10.2 Å². The van der Waals surface area contributed by atoms with Crippen molar-refractivity contribution in [3.63, 3.8) is 0 Å². The van der Waals surface area contributed by atoms with Crippen LogP contribution in [-0.4, -0.2) is 40.8 Å². The maximum absolute atomic E-state index is 12.2. The topological polar surface area (TPSA) is 69.9 Å². The standard InChI is InChI=1S/C10H14F3N4OS/c1-9(2,7-15-16-8(14)19-7)3-4-17(6-18)5-10(11,12)13/h6H,3-5H2,1-2H3,(H-,14,16)/q-1. The van der Waals surface area contributed by atoms with Crippen molar-refractivity contribution in [3.05, 3.63) is 10.7 Å². The Morgan fingerprint density at radius 1 is 1.37 bits per heavy atom. The largest absolute Gasteiger partial charge is 0.472 e. The normalized spacial score (nSPS) is 12.5. The van der Waals surface area contributed by atoms with Crippen molar-refractivity contribution < 1.29 is 18.0 Å². The van der Waals surface area contributed by atoms with Gasteiger partial charge in [0.05, 0.1) is 5.01 Å². The molecule has 5 nitrogen and oxygen atoms in total. The van der Waals surface area contributed by atoms with Gasteiger partial charge >= 0.3 is 6.18 Å². The number of nitrogens with zero attached hydrogens (tertiary/aromatic N) is 3. The summed E-state index contributed by atoms with van der Waals surface area (Å²) in [5.74, 6) is 0. The highest BCUT2D eigenvalue weighted by Crippen LogP contribution is 2.32. The Labute approximate surface area is 112 Å². The summed E-state index contributed by atoms with van der Waals surface area (Å²) in [6.07, 6.45) is -3.89. The molecule has 9 heteroatoms. The molecule has 19 heavy (non-hydrogen) atoms. The van der Waals surface area contributed by atoms with E-state index in [1.807, 2.05) is 0 Å². The third kappa shape index (κ3) is 5.01. The van der Waals surface area contributed by atoms with Crippen LogP contribution in [0.1, 0.15) is 25.3 Å². The Hall–Kier alpha value is -1.38. The molecule has 0 aliphatic rings. The second kappa shape index (κ2) is 5.72. The lowest BCUT2D eigenvalue weighted by Gasteiger charge is -2.26. The van der Waals surface area contributed by atoms with Crippen LogP contribution >= 0.6 is 11.3 Å². The third-order valence-electron chi connectivity index (χ3n) is 2.56. The molecule has 0 fully saturated rings. The van der Waals surface area contributed by atoms with E-state index in [9.17, 15) is 18.0 Å². The van der Waals surface area contributed by atoms with Crippen molar-refractivity contribution in [2.75, 3.05) is 13.1 Å². The molecule has 0 spiro atoms. The Balaban J connectivity index is 2.61. The van der Waals surface area contributed by atoms with Crippen LogP contribution in [0.15, 0.2) is 0 Å². The maximum Gasteiger partial charge on any atom is 0.406 e. The van der Waals surface area contributed by atoms with E-state index in [-0.39, 0.29) is 18.1 Å².